The van der Waals surface area contributed by atoms with E-state index in [0.717, 1.165) is 28.8 Å². The second kappa shape index (κ2) is 7.06. The van der Waals surface area contributed by atoms with Gasteiger partial charge in [-0.3, -0.25) is 19.5 Å². The molecule has 1 amide bonds. The topological polar surface area (TPSA) is 108 Å². The van der Waals surface area contributed by atoms with E-state index < -0.39 is 28.9 Å². The van der Waals surface area contributed by atoms with Crippen LogP contribution in [0.1, 0.15) is 16.1 Å². The minimum atomic E-state index is -4.51. The van der Waals surface area contributed by atoms with E-state index in [9.17, 15) is 22.8 Å². The monoisotopic (exact) mass is 415 g/mol. The predicted molar refractivity (Wildman–Crippen MR) is 99.1 cm³/mol. The molecule has 0 atom stereocenters. The van der Waals surface area contributed by atoms with Crippen molar-refractivity contribution in [2.24, 2.45) is 7.05 Å². The molecule has 0 spiro atoms. The van der Waals surface area contributed by atoms with E-state index in [2.05, 4.69) is 25.8 Å². The van der Waals surface area contributed by atoms with Crippen LogP contribution in [-0.4, -0.2) is 35.7 Å². The van der Waals surface area contributed by atoms with E-state index in [1.54, 1.807) is 24.3 Å². The van der Waals surface area contributed by atoms with Crippen molar-refractivity contribution < 1.29 is 18.0 Å². The van der Waals surface area contributed by atoms with Crippen LogP contribution in [0.4, 0.5) is 19.1 Å². The molecule has 0 aliphatic heterocycles. The molecular weight excluding hydrogens is 403 g/mol. The summed E-state index contributed by atoms with van der Waals surface area (Å²) >= 11 is 0. The molecule has 0 bridgehead atoms. The zero-order valence-corrected chi connectivity index (χ0v) is 15.3. The van der Waals surface area contributed by atoms with Gasteiger partial charge in [0.1, 0.15) is 0 Å². The molecule has 0 aliphatic rings. The first-order valence-electron chi connectivity index (χ1n) is 8.49. The molecule has 4 aromatic rings. The summed E-state index contributed by atoms with van der Waals surface area (Å²) in [5.41, 5.74) is -1.33. The van der Waals surface area contributed by atoms with Crippen LogP contribution >= 0.6 is 0 Å². The van der Waals surface area contributed by atoms with E-state index in [1.807, 2.05) is 0 Å². The standard InChI is InChI=1S/C18H12F3N7O2/c1-27-17(24-25-26-27)23-15(29)14-16(30)28(13-5-3-2-4-12(13)22-14)11-8-6-10(7-9-11)18(19,20)21/h2-9H,1H3,(H,23,24,26,29). The van der Waals surface area contributed by atoms with Crippen LogP contribution in [0.15, 0.2) is 53.3 Å². The maximum absolute atomic E-state index is 13.1. The van der Waals surface area contributed by atoms with Gasteiger partial charge in [0, 0.05) is 12.7 Å². The Hall–Kier alpha value is -4.09. The Morgan fingerprint density at radius 3 is 2.40 bits per heavy atom. The Labute approximate surface area is 165 Å². The lowest BCUT2D eigenvalue weighted by molar-refractivity contribution is -0.137. The first-order valence-corrected chi connectivity index (χ1v) is 8.49. The number of nitrogens with one attached hydrogen (secondary N) is 1. The van der Waals surface area contributed by atoms with Gasteiger partial charge >= 0.3 is 6.18 Å². The first kappa shape index (κ1) is 19.2. The third-order valence-corrected chi connectivity index (χ3v) is 4.27. The van der Waals surface area contributed by atoms with Crippen molar-refractivity contribution in [3.05, 3.63) is 70.1 Å². The maximum atomic E-state index is 13.1. The van der Waals surface area contributed by atoms with Crippen molar-refractivity contribution in [1.29, 1.82) is 0 Å². The molecule has 2 aromatic heterocycles. The van der Waals surface area contributed by atoms with Gasteiger partial charge in [0.2, 0.25) is 5.95 Å². The number of anilines is 1. The van der Waals surface area contributed by atoms with Crippen molar-refractivity contribution in [2.45, 2.75) is 6.18 Å². The van der Waals surface area contributed by atoms with Crippen LogP contribution in [0.5, 0.6) is 0 Å². The minimum absolute atomic E-state index is 0.00422. The molecule has 1 N–H and O–H groups in total. The van der Waals surface area contributed by atoms with Gasteiger partial charge in [0.25, 0.3) is 11.5 Å². The van der Waals surface area contributed by atoms with Crippen molar-refractivity contribution in [3.63, 3.8) is 0 Å². The maximum Gasteiger partial charge on any atom is 0.416 e. The van der Waals surface area contributed by atoms with Gasteiger partial charge in [-0.15, -0.1) is 0 Å². The van der Waals surface area contributed by atoms with E-state index in [0.29, 0.717) is 11.0 Å². The van der Waals surface area contributed by atoms with Crippen LogP contribution in [-0.2, 0) is 13.2 Å². The summed E-state index contributed by atoms with van der Waals surface area (Å²) in [6.07, 6.45) is -4.51. The minimum Gasteiger partial charge on any atom is -0.288 e. The lowest BCUT2D eigenvalue weighted by Gasteiger charge is -2.13. The van der Waals surface area contributed by atoms with Gasteiger partial charge in [-0.05, 0) is 46.8 Å². The molecular formula is C18H12F3N7O2. The number of aromatic nitrogens is 6. The largest absolute Gasteiger partial charge is 0.416 e. The zero-order chi connectivity index (χ0) is 21.5. The number of carbonyl (C=O) groups is 1. The number of hydrogen-bond acceptors (Lipinski definition) is 6. The fraction of sp³-hybridized carbons (Fsp3) is 0.111. The summed E-state index contributed by atoms with van der Waals surface area (Å²) in [7, 11) is 1.49. The number of amides is 1. The highest BCUT2D eigenvalue weighted by molar-refractivity contribution is 6.02. The summed E-state index contributed by atoms with van der Waals surface area (Å²) < 4.78 is 41.0. The van der Waals surface area contributed by atoms with Crippen LogP contribution in [0.3, 0.4) is 0 Å². The third-order valence-electron chi connectivity index (χ3n) is 4.27. The number of para-hydroxylation sites is 2. The van der Waals surface area contributed by atoms with E-state index in [-0.39, 0.29) is 11.6 Å². The van der Waals surface area contributed by atoms with E-state index in [1.165, 1.54) is 11.7 Å². The summed E-state index contributed by atoms with van der Waals surface area (Å²) in [6, 6.07) is 10.5. The SMILES string of the molecule is Cn1nnnc1NC(=O)c1nc2ccccc2n(-c2ccc(C(F)(F)F)cc2)c1=O. The second-order valence-electron chi connectivity index (χ2n) is 6.21. The Morgan fingerprint density at radius 1 is 1.07 bits per heavy atom. The lowest BCUT2D eigenvalue weighted by Crippen LogP contribution is -2.31. The summed E-state index contributed by atoms with van der Waals surface area (Å²) in [6.45, 7) is 0. The number of rotatable bonds is 3. The molecule has 30 heavy (non-hydrogen) atoms. The molecule has 2 heterocycles. The predicted octanol–water partition coefficient (Wildman–Crippen LogP) is 2.18. The highest BCUT2D eigenvalue weighted by atomic mass is 19.4. The molecule has 12 heteroatoms. The fourth-order valence-electron chi connectivity index (χ4n) is 2.83. The zero-order valence-electron chi connectivity index (χ0n) is 15.3. The number of nitrogens with zero attached hydrogens (tertiary/aromatic N) is 6. The third kappa shape index (κ3) is 3.38. The summed E-state index contributed by atoms with van der Waals surface area (Å²) in [5.74, 6) is -0.861. The van der Waals surface area contributed by atoms with Crippen molar-refractivity contribution in [3.8, 4) is 5.69 Å². The Morgan fingerprint density at radius 2 is 1.77 bits per heavy atom. The van der Waals surface area contributed by atoms with Crippen molar-refractivity contribution in [2.75, 3.05) is 5.32 Å². The summed E-state index contributed by atoms with van der Waals surface area (Å²) in [4.78, 5) is 29.9. The second-order valence-corrected chi connectivity index (χ2v) is 6.21. The quantitative estimate of drug-likeness (QED) is 0.550. The number of carbonyl (C=O) groups excluding carboxylic acids is 1. The van der Waals surface area contributed by atoms with Crippen molar-refractivity contribution in [1.82, 2.24) is 29.8 Å². The number of benzene rings is 2. The molecule has 0 fully saturated rings. The van der Waals surface area contributed by atoms with Crippen LogP contribution in [0.25, 0.3) is 16.7 Å². The van der Waals surface area contributed by atoms with Gasteiger partial charge in [0.15, 0.2) is 5.69 Å². The molecule has 4 rings (SSSR count). The van der Waals surface area contributed by atoms with Gasteiger partial charge in [0.05, 0.1) is 16.6 Å². The van der Waals surface area contributed by atoms with Crippen LogP contribution < -0.4 is 10.9 Å². The highest BCUT2D eigenvalue weighted by Crippen LogP contribution is 2.29. The van der Waals surface area contributed by atoms with Gasteiger partial charge < -0.3 is 0 Å². The van der Waals surface area contributed by atoms with E-state index in [4.69, 9.17) is 0 Å². The number of fused-ring (bicyclic) bond motifs is 1. The Bertz CT molecular complexity index is 1310. The molecule has 0 saturated heterocycles. The Kier molecular flexibility index (Phi) is 4.53. The summed E-state index contributed by atoms with van der Waals surface area (Å²) in [5, 5.41) is 13.0. The average molecular weight is 415 g/mol. The number of aryl methyl sites for hydroxylation is 1. The first-order chi connectivity index (χ1) is 14.3. The van der Waals surface area contributed by atoms with Crippen molar-refractivity contribution >= 4 is 22.9 Å². The lowest BCUT2D eigenvalue weighted by atomic mass is 10.2. The fourth-order valence-corrected chi connectivity index (χ4v) is 2.83. The van der Waals surface area contributed by atoms with Gasteiger partial charge in [-0.2, -0.15) is 13.2 Å². The van der Waals surface area contributed by atoms with Gasteiger partial charge in [-0.1, -0.05) is 17.2 Å². The smallest absolute Gasteiger partial charge is 0.288 e. The molecule has 0 radical (unpaired) electrons. The molecule has 2 aromatic carbocycles. The molecule has 9 nitrogen and oxygen atoms in total. The molecule has 0 unspecified atom stereocenters. The van der Waals surface area contributed by atoms with Crippen LogP contribution in [0.2, 0.25) is 0 Å². The van der Waals surface area contributed by atoms with E-state index >= 15 is 0 Å². The molecule has 152 valence electrons. The van der Waals surface area contributed by atoms with Crippen LogP contribution in [0, 0.1) is 0 Å². The van der Waals surface area contributed by atoms with Gasteiger partial charge in [-0.25, -0.2) is 9.67 Å². The normalized spacial score (nSPS) is 11.6. The Balaban J connectivity index is 1.87. The average Bonchev–Trinajstić information content (AvgIpc) is 3.11. The number of halogens is 3. The molecule has 0 saturated carbocycles. The number of hydrogen-bond donors (Lipinski definition) is 1. The highest BCUT2D eigenvalue weighted by Gasteiger charge is 2.30. The number of alkyl halides is 3. The number of tetrazole rings is 1. The molecule has 0 aliphatic carbocycles.